The highest BCUT2D eigenvalue weighted by Crippen LogP contribution is 2.29. The van der Waals surface area contributed by atoms with Gasteiger partial charge in [-0.2, -0.15) is 13.2 Å². The van der Waals surface area contributed by atoms with Crippen molar-refractivity contribution in [2.24, 2.45) is 0 Å². The fourth-order valence-corrected chi connectivity index (χ4v) is 2.90. The molecule has 0 N–H and O–H groups in total. The second-order valence-electron chi connectivity index (χ2n) is 5.40. The number of amides is 1. The second-order valence-corrected chi connectivity index (χ2v) is 6.79. The van der Waals surface area contributed by atoms with Crippen molar-refractivity contribution in [3.8, 4) is 0 Å². The summed E-state index contributed by atoms with van der Waals surface area (Å²) in [6, 6.07) is 8.01. The number of halogens is 4. The highest BCUT2D eigenvalue weighted by molar-refractivity contribution is 14.1. The van der Waals surface area contributed by atoms with Crippen LogP contribution in [-0.4, -0.2) is 29.6 Å². The fraction of sp³-hybridized carbons (Fsp3) is 0.438. The summed E-state index contributed by atoms with van der Waals surface area (Å²) >= 11 is 2.12. The lowest BCUT2D eigenvalue weighted by Crippen LogP contribution is -2.46. The van der Waals surface area contributed by atoms with Gasteiger partial charge in [0.25, 0.3) is 0 Å². The Labute approximate surface area is 146 Å². The van der Waals surface area contributed by atoms with Crippen LogP contribution < -0.4 is 0 Å². The number of nitrogens with zero attached hydrogens (tertiary/aromatic N) is 1. The van der Waals surface area contributed by atoms with E-state index in [1.807, 2.05) is 0 Å². The molecular weight excluding hydrogens is 422 g/mol. The zero-order valence-electron chi connectivity index (χ0n) is 12.5. The topological polar surface area (TPSA) is 29.5 Å². The molecule has 2 rings (SSSR count). The first-order chi connectivity index (χ1) is 10.8. The van der Waals surface area contributed by atoms with Gasteiger partial charge in [-0.25, -0.2) is 0 Å². The Hall–Kier alpha value is -1.25. The van der Waals surface area contributed by atoms with Crippen molar-refractivity contribution in [1.82, 2.24) is 4.90 Å². The molecule has 1 heterocycles. The zero-order chi connectivity index (χ0) is 17.0. The van der Waals surface area contributed by atoms with E-state index in [1.165, 1.54) is 0 Å². The summed E-state index contributed by atoms with van der Waals surface area (Å²) in [5, 5.41) is 0. The van der Waals surface area contributed by atoms with Gasteiger partial charge in [0.2, 0.25) is 0 Å². The Bertz CT molecular complexity index is 574. The van der Waals surface area contributed by atoms with E-state index in [-0.39, 0.29) is 6.54 Å². The molecule has 1 aliphatic rings. The SMILES string of the molecule is C[C@H](c1ccccc1)N(C[C@@H]1CCC(I)=CO1)C(=O)C(F)(F)F. The Morgan fingerprint density at radius 1 is 1.39 bits per heavy atom. The third kappa shape index (κ3) is 4.86. The quantitative estimate of drug-likeness (QED) is 0.643. The van der Waals surface area contributed by atoms with E-state index in [0.29, 0.717) is 12.0 Å². The van der Waals surface area contributed by atoms with E-state index in [9.17, 15) is 18.0 Å². The number of carbonyl (C=O) groups is 1. The van der Waals surface area contributed by atoms with Crippen molar-refractivity contribution in [3.63, 3.8) is 0 Å². The Balaban J connectivity index is 2.20. The molecule has 23 heavy (non-hydrogen) atoms. The van der Waals surface area contributed by atoms with Gasteiger partial charge >= 0.3 is 12.1 Å². The number of carbonyl (C=O) groups excluding carboxylic acids is 1. The predicted molar refractivity (Wildman–Crippen MR) is 88.8 cm³/mol. The Kier molecular flexibility index (Phi) is 5.94. The van der Waals surface area contributed by atoms with Crippen LogP contribution in [0.1, 0.15) is 31.4 Å². The summed E-state index contributed by atoms with van der Waals surface area (Å²) in [5.74, 6) is -1.83. The zero-order valence-corrected chi connectivity index (χ0v) is 14.7. The van der Waals surface area contributed by atoms with E-state index in [0.717, 1.165) is 14.9 Å². The maximum Gasteiger partial charge on any atom is 0.471 e. The normalized spacial score (nSPS) is 19.5. The standard InChI is InChI=1S/C16H17F3INO2/c1-11(12-5-3-2-4-6-12)21(15(22)16(17,18)19)9-14-8-7-13(20)10-23-14/h2-6,10-11,14H,7-9H2,1H3/t11-,14+/m1/s1. The van der Waals surface area contributed by atoms with Gasteiger partial charge in [-0.3, -0.25) is 4.79 Å². The lowest BCUT2D eigenvalue weighted by Gasteiger charge is -2.34. The van der Waals surface area contributed by atoms with Crippen molar-refractivity contribution in [1.29, 1.82) is 0 Å². The first-order valence-corrected chi connectivity index (χ1v) is 8.29. The minimum absolute atomic E-state index is 0.0885. The molecule has 0 aliphatic carbocycles. The lowest BCUT2D eigenvalue weighted by molar-refractivity contribution is -0.189. The van der Waals surface area contributed by atoms with Gasteiger partial charge < -0.3 is 9.64 Å². The van der Waals surface area contributed by atoms with Crippen LogP contribution in [0.25, 0.3) is 0 Å². The van der Waals surface area contributed by atoms with Crippen LogP contribution in [-0.2, 0) is 9.53 Å². The van der Waals surface area contributed by atoms with Gasteiger partial charge in [0.15, 0.2) is 0 Å². The van der Waals surface area contributed by atoms with Crippen LogP contribution in [0.5, 0.6) is 0 Å². The molecule has 0 radical (unpaired) electrons. The van der Waals surface area contributed by atoms with Crippen LogP contribution in [0, 0.1) is 0 Å². The summed E-state index contributed by atoms with van der Waals surface area (Å²) < 4.78 is 45.3. The molecule has 7 heteroatoms. The van der Waals surface area contributed by atoms with E-state index in [2.05, 4.69) is 22.6 Å². The first-order valence-electron chi connectivity index (χ1n) is 7.21. The largest absolute Gasteiger partial charge is 0.495 e. The van der Waals surface area contributed by atoms with Gasteiger partial charge in [-0.1, -0.05) is 30.3 Å². The molecule has 0 spiro atoms. The summed E-state index contributed by atoms with van der Waals surface area (Å²) in [5.41, 5.74) is 0.658. The van der Waals surface area contributed by atoms with Gasteiger partial charge in [-0.15, -0.1) is 0 Å². The third-order valence-corrected chi connectivity index (χ3v) is 4.54. The van der Waals surface area contributed by atoms with Crippen molar-refractivity contribution in [2.45, 2.75) is 38.1 Å². The third-order valence-electron chi connectivity index (χ3n) is 3.75. The van der Waals surface area contributed by atoms with Crippen molar-refractivity contribution >= 4 is 28.5 Å². The molecule has 0 fully saturated rings. The summed E-state index contributed by atoms with van der Waals surface area (Å²) in [6.07, 6.45) is -2.43. The molecule has 0 saturated heterocycles. The molecule has 0 unspecified atom stereocenters. The minimum atomic E-state index is -4.90. The molecule has 0 bridgehead atoms. The Morgan fingerprint density at radius 3 is 2.57 bits per heavy atom. The molecule has 0 aromatic heterocycles. The molecule has 2 atom stereocenters. The monoisotopic (exact) mass is 439 g/mol. The van der Waals surface area contributed by atoms with Crippen LogP contribution in [0.3, 0.4) is 0 Å². The molecule has 3 nitrogen and oxygen atoms in total. The van der Waals surface area contributed by atoms with E-state index in [4.69, 9.17) is 4.74 Å². The second kappa shape index (κ2) is 7.55. The number of allylic oxidation sites excluding steroid dienone is 1. The number of ether oxygens (including phenoxy) is 1. The number of hydrogen-bond acceptors (Lipinski definition) is 2. The smallest absolute Gasteiger partial charge is 0.471 e. The van der Waals surface area contributed by atoms with E-state index < -0.39 is 24.2 Å². The average molecular weight is 439 g/mol. The van der Waals surface area contributed by atoms with Gasteiger partial charge in [0.1, 0.15) is 6.10 Å². The average Bonchev–Trinajstić information content (AvgIpc) is 2.53. The molecule has 1 aromatic carbocycles. The fourth-order valence-electron chi connectivity index (χ4n) is 2.44. The highest BCUT2D eigenvalue weighted by Gasteiger charge is 2.44. The molecular formula is C16H17F3INO2. The van der Waals surface area contributed by atoms with Crippen molar-refractivity contribution in [2.75, 3.05) is 6.54 Å². The molecule has 1 aliphatic heterocycles. The Morgan fingerprint density at radius 2 is 2.04 bits per heavy atom. The highest BCUT2D eigenvalue weighted by atomic mass is 127. The van der Waals surface area contributed by atoms with Gasteiger partial charge in [0, 0.05) is 3.58 Å². The van der Waals surface area contributed by atoms with Crippen LogP contribution in [0.2, 0.25) is 0 Å². The number of alkyl halides is 3. The molecule has 126 valence electrons. The summed E-state index contributed by atoms with van der Waals surface area (Å²) in [6.45, 7) is 1.51. The van der Waals surface area contributed by atoms with Crippen LogP contribution in [0.4, 0.5) is 13.2 Å². The number of benzene rings is 1. The van der Waals surface area contributed by atoms with Gasteiger partial charge in [-0.05, 0) is 47.9 Å². The maximum atomic E-state index is 12.9. The molecule has 1 aromatic rings. The van der Waals surface area contributed by atoms with Crippen molar-refractivity contribution < 1.29 is 22.7 Å². The minimum Gasteiger partial charge on any atom is -0.495 e. The van der Waals surface area contributed by atoms with E-state index >= 15 is 0 Å². The van der Waals surface area contributed by atoms with Crippen LogP contribution in [0.15, 0.2) is 40.2 Å². The lowest BCUT2D eigenvalue weighted by atomic mass is 10.0. The summed E-state index contributed by atoms with van der Waals surface area (Å²) in [4.78, 5) is 12.7. The van der Waals surface area contributed by atoms with E-state index in [1.54, 1.807) is 43.5 Å². The molecule has 1 amide bonds. The number of hydrogen-bond donors (Lipinski definition) is 0. The summed E-state index contributed by atoms with van der Waals surface area (Å²) in [7, 11) is 0. The van der Waals surface area contributed by atoms with Gasteiger partial charge in [0.05, 0.1) is 18.8 Å². The van der Waals surface area contributed by atoms with Crippen molar-refractivity contribution in [3.05, 3.63) is 45.7 Å². The van der Waals surface area contributed by atoms with Crippen LogP contribution >= 0.6 is 22.6 Å². The maximum absolute atomic E-state index is 12.9. The predicted octanol–water partition coefficient (Wildman–Crippen LogP) is 4.59. The molecule has 0 saturated carbocycles. The number of rotatable bonds is 4. The first kappa shape index (κ1) is 18.1.